The van der Waals surface area contributed by atoms with Crippen molar-refractivity contribution in [2.45, 2.75) is 20.3 Å². The van der Waals surface area contributed by atoms with Gasteiger partial charge in [0, 0.05) is 11.3 Å². The molecule has 0 radical (unpaired) electrons. The number of aromatic amines is 1. The van der Waals surface area contributed by atoms with E-state index >= 15 is 0 Å². The van der Waals surface area contributed by atoms with Crippen molar-refractivity contribution in [3.8, 4) is 0 Å². The molecule has 0 aliphatic heterocycles. The number of carboxylic acid groups (broad SMARTS) is 1. The standard InChI is InChI=1S/C14H14ClN3O3/c1-7-10(8(2)18-17-7)6-12(19)16-13-9(14(20)21)4-3-5-11(13)15/h3-5H,6H2,1-2H3,(H,16,19)(H,17,18)(H,20,21). The van der Waals surface area contributed by atoms with Gasteiger partial charge in [0.2, 0.25) is 5.91 Å². The second-order valence-corrected chi connectivity index (χ2v) is 5.01. The first-order valence-corrected chi connectivity index (χ1v) is 6.60. The Hall–Kier alpha value is -2.34. The van der Waals surface area contributed by atoms with E-state index in [1.54, 1.807) is 6.92 Å². The molecular formula is C14H14ClN3O3. The van der Waals surface area contributed by atoms with Gasteiger partial charge in [-0.1, -0.05) is 17.7 Å². The number of carbonyl (C=O) groups is 2. The Morgan fingerprint density at radius 2 is 2.10 bits per heavy atom. The molecule has 7 heteroatoms. The lowest BCUT2D eigenvalue weighted by Gasteiger charge is -2.10. The van der Waals surface area contributed by atoms with Crippen molar-refractivity contribution in [1.82, 2.24) is 10.2 Å². The minimum absolute atomic E-state index is 0.0449. The third-order valence-electron chi connectivity index (χ3n) is 3.13. The molecule has 0 bridgehead atoms. The van der Waals surface area contributed by atoms with Gasteiger partial charge in [0.15, 0.2) is 0 Å². The molecular weight excluding hydrogens is 294 g/mol. The molecule has 2 rings (SSSR count). The summed E-state index contributed by atoms with van der Waals surface area (Å²) in [5.74, 6) is -1.50. The van der Waals surface area contributed by atoms with Crippen LogP contribution in [0.3, 0.4) is 0 Å². The molecule has 1 aromatic heterocycles. The van der Waals surface area contributed by atoms with Crippen LogP contribution in [0.5, 0.6) is 0 Å². The number of aromatic carboxylic acids is 1. The van der Waals surface area contributed by atoms with Gasteiger partial charge in [0.1, 0.15) is 0 Å². The van der Waals surface area contributed by atoms with Gasteiger partial charge in [0.05, 0.1) is 28.4 Å². The Balaban J connectivity index is 2.23. The van der Waals surface area contributed by atoms with Crippen molar-refractivity contribution >= 4 is 29.2 Å². The van der Waals surface area contributed by atoms with Crippen molar-refractivity contribution in [2.75, 3.05) is 5.32 Å². The lowest BCUT2D eigenvalue weighted by atomic mass is 10.1. The van der Waals surface area contributed by atoms with Crippen molar-refractivity contribution in [1.29, 1.82) is 0 Å². The molecule has 0 saturated heterocycles. The predicted octanol–water partition coefficient (Wildman–Crippen LogP) is 2.56. The number of halogens is 1. The minimum Gasteiger partial charge on any atom is -0.478 e. The van der Waals surface area contributed by atoms with Gasteiger partial charge in [-0.15, -0.1) is 0 Å². The van der Waals surface area contributed by atoms with E-state index in [0.29, 0.717) is 0 Å². The number of rotatable bonds is 4. The van der Waals surface area contributed by atoms with Crippen LogP contribution in [0.2, 0.25) is 5.02 Å². The van der Waals surface area contributed by atoms with Crippen LogP contribution in [0.1, 0.15) is 27.3 Å². The number of carboxylic acids is 1. The topological polar surface area (TPSA) is 95.1 Å². The molecule has 21 heavy (non-hydrogen) atoms. The van der Waals surface area contributed by atoms with Gasteiger partial charge in [0.25, 0.3) is 0 Å². The molecule has 0 fully saturated rings. The number of hydrogen-bond acceptors (Lipinski definition) is 3. The fraction of sp³-hybridized carbons (Fsp3) is 0.214. The van der Waals surface area contributed by atoms with Gasteiger partial charge >= 0.3 is 5.97 Å². The van der Waals surface area contributed by atoms with Crippen LogP contribution in [-0.4, -0.2) is 27.2 Å². The van der Waals surface area contributed by atoms with Gasteiger partial charge < -0.3 is 10.4 Å². The molecule has 6 nitrogen and oxygen atoms in total. The smallest absolute Gasteiger partial charge is 0.337 e. The van der Waals surface area contributed by atoms with Crippen LogP contribution in [0.25, 0.3) is 0 Å². The number of anilines is 1. The number of nitrogens with zero attached hydrogens (tertiary/aromatic N) is 1. The van der Waals surface area contributed by atoms with E-state index in [2.05, 4.69) is 15.5 Å². The highest BCUT2D eigenvalue weighted by Gasteiger charge is 2.17. The molecule has 1 aromatic carbocycles. The quantitative estimate of drug-likeness (QED) is 0.809. The monoisotopic (exact) mass is 307 g/mol. The predicted molar refractivity (Wildman–Crippen MR) is 78.8 cm³/mol. The minimum atomic E-state index is -1.15. The zero-order valence-electron chi connectivity index (χ0n) is 11.5. The molecule has 3 N–H and O–H groups in total. The zero-order valence-corrected chi connectivity index (χ0v) is 12.3. The normalized spacial score (nSPS) is 10.4. The molecule has 0 spiro atoms. The molecule has 1 heterocycles. The number of carbonyl (C=O) groups excluding carboxylic acids is 1. The summed E-state index contributed by atoms with van der Waals surface area (Å²) in [6.45, 7) is 3.62. The first kappa shape index (κ1) is 15.1. The summed E-state index contributed by atoms with van der Waals surface area (Å²) in [7, 11) is 0. The highest BCUT2D eigenvalue weighted by atomic mass is 35.5. The van der Waals surface area contributed by atoms with E-state index in [1.807, 2.05) is 6.92 Å². The van der Waals surface area contributed by atoms with Gasteiger partial charge in [-0.25, -0.2) is 4.79 Å². The summed E-state index contributed by atoms with van der Waals surface area (Å²) in [6, 6.07) is 4.43. The van der Waals surface area contributed by atoms with E-state index in [4.69, 9.17) is 16.7 Å². The van der Waals surface area contributed by atoms with E-state index in [1.165, 1.54) is 18.2 Å². The van der Waals surface area contributed by atoms with Gasteiger partial charge in [-0.05, 0) is 26.0 Å². The molecule has 1 amide bonds. The van der Waals surface area contributed by atoms with Crippen LogP contribution >= 0.6 is 11.6 Å². The number of nitrogens with one attached hydrogen (secondary N) is 2. The van der Waals surface area contributed by atoms with Crippen LogP contribution in [-0.2, 0) is 11.2 Å². The maximum Gasteiger partial charge on any atom is 0.337 e. The summed E-state index contributed by atoms with van der Waals surface area (Å²) < 4.78 is 0. The third kappa shape index (κ3) is 3.22. The Morgan fingerprint density at radius 1 is 1.38 bits per heavy atom. The Kier molecular flexibility index (Phi) is 4.28. The lowest BCUT2D eigenvalue weighted by molar-refractivity contribution is -0.115. The van der Waals surface area contributed by atoms with Crippen LogP contribution in [0.15, 0.2) is 18.2 Å². The summed E-state index contributed by atoms with van der Waals surface area (Å²) >= 11 is 5.97. The van der Waals surface area contributed by atoms with E-state index in [0.717, 1.165) is 17.0 Å². The Morgan fingerprint density at radius 3 is 2.67 bits per heavy atom. The van der Waals surface area contributed by atoms with E-state index in [-0.39, 0.29) is 28.6 Å². The summed E-state index contributed by atoms with van der Waals surface area (Å²) in [4.78, 5) is 23.3. The number of hydrogen-bond donors (Lipinski definition) is 3. The fourth-order valence-corrected chi connectivity index (χ4v) is 2.23. The van der Waals surface area contributed by atoms with Gasteiger partial charge in [-0.3, -0.25) is 9.89 Å². The number of H-pyrrole nitrogens is 1. The molecule has 0 saturated carbocycles. The van der Waals surface area contributed by atoms with Crippen molar-refractivity contribution in [3.63, 3.8) is 0 Å². The number of amides is 1. The summed E-state index contributed by atoms with van der Waals surface area (Å²) in [6.07, 6.45) is 0.0957. The van der Waals surface area contributed by atoms with E-state index in [9.17, 15) is 9.59 Å². The van der Waals surface area contributed by atoms with Crippen molar-refractivity contribution < 1.29 is 14.7 Å². The molecule has 0 unspecified atom stereocenters. The Labute approximate surface area is 126 Å². The number of aromatic nitrogens is 2. The second-order valence-electron chi connectivity index (χ2n) is 4.61. The van der Waals surface area contributed by atoms with E-state index < -0.39 is 5.97 Å². The lowest BCUT2D eigenvalue weighted by Crippen LogP contribution is -2.17. The average Bonchev–Trinajstić information content (AvgIpc) is 2.72. The molecule has 2 aromatic rings. The second kappa shape index (κ2) is 5.97. The van der Waals surface area contributed by atoms with Crippen LogP contribution in [0.4, 0.5) is 5.69 Å². The molecule has 0 aliphatic rings. The molecule has 110 valence electrons. The number of para-hydroxylation sites is 1. The molecule has 0 aliphatic carbocycles. The number of aryl methyl sites for hydroxylation is 2. The van der Waals surface area contributed by atoms with Crippen molar-refractivity contribution in [2.24, 2.45) is 0 Å². The largest absolute Gasteiger partial charge is 0.478 e. The summed E-state index contributed by atoms with van der Waals surface area (Å²) in [5.41, 5.74) is 2.39. The maximum absolute atomic E-state index is 12.1. The van der Waals surface area contributed by atoms with Crippen LogP contribution in [0, 0.1) is 13.8 Å². The average molecular weight is 308 g/mol. The SMILES string of the molecule is Cc1n[nH]c(C)c1CC(=O)Nc1c(Cl)cccc1C(=O)O. The fourth-order valence-electron chi connectivity index (χ4n) is 2.01. The zero-order chi connectivity index (χ0) is 15.6. The highest BCUT2D eigenvalue weighted by Crippen LogP contribution is 2.26. The highest BCUT2D eigenvalue weighted by molar-refractivity contribution is 6.34. The Bertz CT molecular complexity index is 690. The first-order valence-electron chi connectivity index (χ1n) is 6.22. The van der Waals surface area contributed by atoms with Crippen LogP contribution < -0.4 is 5.32 Å². The third-order valence-corrected chi connectivity index (χ3v) is 3.44. The van der Waals surface area contributed by atoms with Gasteiger partial charge in [-0.2, -0.15) is 5.10 Å². The first-order chi connectivity index (χ1) is 9.90. The number of benzene rings is 1. The van der Waals surface area contributed by atoms with Crippen molar-refractivity contribution in [3.05, 3.63) is 45.7 Å². The molecule has 0 atom stereocenters. The summed E-state index contributed by atoms with van der Waals surface area (Å²) in [5, 5.41) is 18.7. The maximum atomic E-state index is 12.1.